The Balaban J connectivity index is 2.43. The molecule has 1 atom stereocenters. The van der Waals surface area contributed by atoms with E-state index in [2.05, 4.69) is 11.4 Å². The number of nitrogens with one attached hydrogen (secondary N) is 1. The molecule has 0 bridgehead atoms. The van der Waals surface area contributed by atoms with Gasteiger partial charge >= 0.3 is 5.97 Å². The number of carboxylic acids is 1. The van der Waals surface area contributed by atoms with Crippen molar-refractivity contribution in [1.82, 2.24) is 5.32 Å². The van der Waals surface area contributed by atoms with Crippen LogP contribution in [0.2, 0.25) is 0 Å². The van der Waals surface area contributed by atoms with Gasteiger partial charge in [-0.25, -0.2) is 0 Å². The monoisotopic (exact) mass is 264 g/mol. The second-order valence-corrected chi connectivity index (χ2v) is 4.68. The molecule has 5 heteroatoms. The molecule has 0 fully saturated rings. The quantitative estimate of drug-likeness (QED) is 0.707. The van der Waals surface area contributed by atoms with E-state index >= 15 is 0 Å². The van der Waals surface area contributed by atoms with Crippen LogP contribution in [-0.2, 0) is 16.0 Å². The van der Waals surface area contributed by atoms with Crippen molar-refractivity contribution in [2.24, 2.45) is 5.73 Å². The summed E-state index contributed by atoms with van der Waals surface area (Å²) < 4.78 is 0. The number of benzene rings is 1. The van der Waals surface area contributed by atoms with Crippen LogP contribution in [0.15, 0.2) is 18.2 Å². The number of carbonyl (C=O) groups is 2. The lowest BCUT2D eigenvalue weighted by Crippen LogP contribution is -2.42. The van der Waals surface area contributed by atoms with Crippen LogP contribution in [0, 0.1) is 13.8 Å². The van der Waals surface area contributed by atoms with E-state index in [9.17, 15) is 9.59 Å². The Morgan fingerprint density at radius 2 is 2.05 bits per heavy atom. The Hall–Kier alpha value is -1.88. The third-order valence-electron chi connectivity index (χ3n) is 2.93. The van der Waals surface area contributed by atoms with Gasteiger partial charge in [0.1, 0.15) is 0 Å². The number of carboxylic acid groups (broad SMARTS) is 1. The maximum absolute atomic E-state index is 11.5. The first-order valence-electron chi connectivity index (χ1n) is 6.21. The highest BCUT2D eigenvalue weighted by Gasteiger charge is 2.16. The smallest absolute Gasteiger partial charge is 0.305 e. The fraction of sp³-hybridized carbons (Fsp3) is 0.429. The minimum Gasteiger partial charge on any atom is -0.481 e. The second kappa shape index (κ2) is 6.89. The second-order valence-electron chi connectivity index (χ2n) is 4.68. The number of amides is 1. The van der Waals surface area contributed by atoms with Gasteiger partial charge in [0.05, 0.1) is 12.5 Å². The van der Waals surface area contributed by atoms with Crippen molar-refractivity contribution in [3.63, 3.8) is 0 Å². The molecule has 0 aliphatic rings. The molecule has 0 aliphatic carbocycles. The lowest BCUT2D eigenvalue weighted by molar-refractivity contribution is -0.139. The highest BCUT2D eigenvalue weighted by molar-refractivity contribution is 5.85. The number of rotatable bonds is 6. The van der Waals surface area contributed by atoms with Crippen molar-refractivity contribution in [2.75, 3.05) is 6.54 Å². The highest BCUT2D eigenvalue weighted by atomic mass is 16.4. The third-order valence-corrected chi connectivity index (χ3v) is 2.93. The minimum atomic E-state index is -1.07. The maximum Gasteiger partial charge on any atom is 0.305 e. The zero-order valence-electron chi connectivity index (χ0n) is 11.3. The first-order chi connectivity index (χ1) is 8.90. The molecule has 0 heterocycles. The molecule has 1 amide bonds. The van der Waals surface area contributed by atoms with Gasteiger partial charge in [0.15, 0.2) is 0 Å². The van der Waals surface area contributed by atoms with Crippen molar-refractivity contribution in [3.05, 3.63) is 34.9 Å². The van der Waals surface area contributed by atoms with Crippen LogP contribution in [0.5, 0.6) is 0 Å². The van der Waals surface area contributed by atoms with Crippen molar-refractivity contribution < 1.29 is 14.7 Å². The molecule has 0 saturated carbocycles. The lowest BCUT2D eigenvalue weighted by Gasteiger charge is -2.11. The Labute approximate surface area is 112 Å². The van der Waals surface area contributed by atoms with Crippen LogP contribution in [0.25, 0.3) is 0 Å². The largest absolute Gasteiger partial charge is 0.481 e. The van der Waals surface area contributed by atoms with E-state index in [-0.39, 0.29) is 6.42 Å². The summed E-state index contributed by atoms with van der Waals surface area (Å²) in [4.78, 5) is 22.0. The van der Waals surface area contributed by atoms with Gasteiger partial charge in [-0.3, -0.25) is 9.59 Å². The van der Waals surface area contributed by atoms with Crippen molar-refractivity contribution in [1.29, 1.82) is 0 Å². The number of carbonyl (C=O) groups excluding carboxylic acids is 1. The van der Waals surface area contributed by atoms with E-state index in [1.165, 1.54) is 16.7 Å². The lowest BCUT2D eigenvalue weighted by atomic mass is 10.0. The summed E-state index contributed by atoms with van der Waals surface area (Å²) in [6.45, 7) is 4.49. The van der Waals surface area contributed by atoms with Gasteiger partial charge in [0, 0.05) is 6.54 Å². The number of hydrogen-bond donors (Lipinski definition) is 3. The molecule has 0 spiro atoms. The molecule has 104 valence electrons. The molecule has 0 aromatic heterocycles. The van der Waals surface area contributed by atoms with E-state index in [0.717, 1.165) is 0 Å². The van der Waals surface area contributed by atoms with E-state index in [1.54, 1.807) is 0 Å². The zero-order chi connectivity index (χ0) is 14.4. The molecule has 0 radical (unpaired) electrons. The fourth-order valence-electron chi connectivity index (χ4n) is 1.80. The molecule has 5 nitrogen and oxygen atoms in total. The van der Waals surface area contributed by atoms with Crippen molar-refractivity contribution >= 4 is 11.9 Å². The summed E-state index contributed by atoms with van der Waals surface area (Å²) in [6.07, 6.45) is 0.356. The average Bonchev–Trinajstić information content (AvgIpc) is 2.32. The molecule has 4 N–H and O–H groups in total. The molecule has 0 aliphatic heterocycles. The predicted molar refractivity (Wildman–Crippen MR) is 72.9 cm³/mol. The molecule has 1 unspecified atom stereocenters. The SMILES string of the molecule is Cc1ccc(C)c(CCNC(=O)C(N)CC(=O)O)c1. The van der Waals surface area contributed by atoms with E-state index < -0.39 is 17.9 Å². The number of hydrogen-bond acceptors (Lipinski definition) is 3. The summed E-state index contributed by atoms with van der Waals surface area (Å²) >= 11 is 0. The van der Waals surface area contributed by atoms with Crippen LogP contribution in [0.3, 0.4) is 0 Å². The Kier molecular flexibility index (Phi) is 5.51. The Morgan fingerprint density at radius 1 is 1.37 bits per heavy atom. The Bertz CT molecular complexity index is 472. The maximum atomic E-state index is 11.5. The normalized spacial score (nSPS) is 11.9. The summed E-state index contributed by atoms with van der Waals surface area (Å²) in [7, 11) is 0. The number of aliphatic carboxylic acids is 1. The number of nitrogens with two attached hydrogens (primary N) is 1. The van der Waals surface area contributed by atoms with Gasteiger partial charge < -0.3 is 16.2 Å². The molecule has 1 rings (SSSR count). The van der Waals surface area contributed by atoms with Crippen molar-refractivity contribution in [3.8, 4) is 0 Å². The van der Waals surface area contributed by atoms with E-state index in [0.29, 0.717) is 13.0 Å². The molecule has 1 aromatic carbocycles. The molecule has 1 aromatic rings. The van der Waals surface area contributed by atoms with Crippen LogP contribution < -0.4 is 11.1 Å². The average molecular weight is 264 g/mol. The van der Waals surface area contributed by atoms with Gasteiger partial charge in [-0.05, 0) is 31.4 Å². The van der Waals surface area contributed by atoms with Crippen LogP contribution in [0.1, 0.15) is 23.1 Å². The predicted octanol–water partition coefficient (Wildman–Crippen LogP) is 0.764. The molecular weight excluding hydrogens is 244 g/mol. The standard InChI is InChI=1S/C14H20N2O3/c1-9-3-4-10(2)11(7-9)5-6-16-14(19)12(15)8-13(17)18/h3-4,7,12H,5-6,8,15H2,1-2H3,(H,16,19)(H,17,18). The van der Waals surface area contributed by atoms with Gasteiger partial charge in [-0.2, -0.15) is 0 Å². The highest BCUT2D eigenvalue weighted by Crippen LogP contribution is 2.10. The minimum absolute atomic E-state index is 0.352. The van der Waals surface area contributed by atoms with E-state index in [1.807, 2.05) is 26.0 Å². The Morgan fingerprint density at radius 3 is 2.68 bits per heavy atom. The third kappa shape index (κ3) is 5.09. The molecule has 0 saturated heterocycles. The first-order valence-corrected chi connectivity index (χ1v) is 6.21. The zero-order valence-corrected chi connectivity index (χ0v) is 11.3. The van der Waals surface area contributed by atoms with Crippen LogP contribution >= 0.6 is 0 Å². The summed E-state index contributed by atoms with van der Waals surface area (Å²) in [5.74, 6) is -1.50. The van der Waals surface area contributed by atoms with Gasteiger partial charge in [0.25, 0.3) is 0 Å². The summed E-state index contributed by atoms with van der Waals surface area (Å²) in [5, 5.41) is 11.2. The van der Waals surface area contributed by atoms with Crippen LogP contribution in [0.4, 0.5) is 0 Å². The topological polar surface area (TPSA) is 92.4 Å². The van der Waals surface area contributed by atoms with Crippen LogP contribution in [-0.4, -0.2) is 29.6 Å². The van der Waals surface area contributed by atoms with Gasteiger partial charge in [0.2, 0.25) is 5.91 Å². The fourth-order valence-corrected chi connectivity index (χ4v) is 1.80. The first kappa shape index (κ1) is 15.2. The van der Waals surface area contributed by atoms with Gasteiger partial charge in [-0.15, -0.1) is 0 Å². The number of aryl methyl sites for hydroxylation is 2. The van der Waals surface area contributed by atoms with E-state index in [4.69, 9.17) is 10.8 Å². The van der Waals surface area contributed by atoms with Gasteiger partial charge in [-0.1, -0.05) is 23.8 Å². The summed E-state index contributed by atoms with van der Waals surface area (Å²) in [5.41, 5.74) is 8.98. The molecular formula is C14H20N2O3. The van der Waals surface area contributed by atoms with Crippen molar-refractivity contribution in [2.45, 2.75) is 32.7 Å². The molecule has 19 heavy (non-hydrogen) atoms. The summed E-state index contributed by atoms with van der Waals surface area (Å²) in [6, 6.07) is 5.18.